The van der Waals surface area contributed by atoms with E-state index in [0.717, 1.165) is 23.2 Å². The van der Waals surface area contributed by atoms with Crippen molar-refractivity contribution in [1.29, 1.82) is 0 Å². The van der Waals surface area contributed by atoms with Gasteiger partial charge in [-0.3, -0.25) is 0 Å². The summed E-state index contributed by atoms with van der Waals surface area (Å²) in [6.45, 7) is 5.61. The van der Waals surface area contributed by atoms with Gasteiger partial charge in [0.05, 0.1) is 7.11 Å². The molecule has 0 fully saturated rings. The summed E-state index contributed by atoms with van der Waals surface area (Å²) >= 11 is 3.54. The highest BCUT2D eigenvalue weighted by Gasteiger charge is 2.24. The maximum absolute atomic E-state index is 5.46. The molecule has 1 aromatic carbocycles. The van der Waals surface area contributed by atoms with Gasteiger partial charge in [0.15, 0.2) is 0 Å². The van der Waals surface area contributed by atoms with Gasteiger partial charge in [0, 0.05) is 11.0 Å². The molecule has 0 spiro atoms. The van der Waals surface area contributed by atoms with Gasteiger partial charge in [-0.15, -0.1) is 0 Å². The van der Waals surface area contributed by atoms with Crippen molar-refractivity contribution in [3.05, 3.63) is 28.2 Å². The third-order valence-electron chi connectivity index (χ3n) is 3.32. The molecule has 0 amide bonds. The van der Waals surface area contributed by atoms with Gasteiger partial charge in [0.25, 0.3) is 0 Å². The average molecular weight is 314 g/mol. The summed E-state index contributed by atoms with van der Waals surface area (Å²) in [4.78, 5) is 0. The second-order valence-electron chi connectivity index (χ2n) is 5.22. The molecular weight excluding hydrogens is 290 g/mol. The molecule has 1 aromatic rings. The first-order valence-corrected chi connectivity index (χ1v) is 7.31. The van der Waals surface area contributed by atoms with Crippen LogP contribution in [0.2, 0.25) is 0 Å². The molecule has 0 saturated heterocycles. The van der Waals surface area contributed by atoms with E-state index in [2.05, 4.69) is 41.2 Å². The van der Waals surface area contributed by atoms with E-state index >= 15 is 0 Å². The van der Waals surface area contributed by atoms with Crippen molar-refractivity contribution in [3.63, 3.8) is 0 Å². The lowest BCUT2D eigenvalue weighted by Gasteiger charge is -2.30. The van der Waals surface area contributed by atoms with Crippen molar-refractivity contribution in [2.45, 2.75) is 33.1 Å². The van der Waals surface area contributed by atoms with Crippen LogP contribution in [-0.2, 0) is 6.42 Å². The van der Waals surface area contributed by atoms with Gasteiger partial charge in [-0.1, -0.05) is 36.2 Å². The second kappa shape index (κ2) is 7.15. The normalized spacial score (nSPS) is 14.3. The van der Waals surface area contributed by atoms with E-state index in [9.17, 15) is 0 Å². The summed E-state index contributed by atoms with van der Waals surface area (Å²) in [5, 5.41) is 3.31. The van der Waals surface area contributed by atoms with Crippen molar-refractivity contribution in [2.24, 2.45) is 5.41 Å². The summed E-state index contributed by atoms with van der Waals surface area (Å²) in [5.74, 6) is 0.983. The second-order valence-corrected chi connectivity index (χ2v) is 6.14. The predicted molar refractivity (Wildman–Crippen MR) is 81.3 cm³/mol. The fraction of sp³-hybridized carbons (Fsp3) is 0.600. The van der Waals surface area contributed by atoms with Crippen LogP contribution in [0.1, 0.15) is 32.3 Å². The lowest BCUT2D eigenvalue weighted by Crippen LogP contribution is -2.31. The fourth-order valence-corrected chi connectivity index (χ4v) is 3.02. The zero-order chi connectivity index (χ0) is 13.6. The van der Waals surface area contributed by atoms with Gasteiger partial charge >= 0.3 is 0 Å². The number of benzene rings is 1. The Hall–Kier alpha value is -0.540. The zero-order valence-electron chi connectivity index (χ0n) is 11.8. The molecule has 0 aromatic heterocycles. The summed E-state index contributed by atoms with van der Waals surface area (Å²) in [6, 6.07) is 6.23. The summed E-state index contributed by atoms with van der Waals surface area (Å²) in [6.07, 6.45) is 3.45. The zero-order valence-corrected chi connectivity index (χ0v) is 13.4. The van der Waals surface area contributed by atoms with Crippen molar-refractivity contribution in [1.82, 2.24) is 5.32 Å². The number of ether oxygens (including phenoxy) is 1. The lowest BCUT2D eigenvalue weighted by molar-refractivity contribution is 0.278. The van der Waals surface area contributed by atoms with Crippen LogP contribution in [0.25, 0.3) is 0 Å². The molecule has 1 N–H and O–H groups in total. The first kappa shape index (κ1) is 15.5. The molecule has 0 bridgehead atoms. The number of hydrogen-bond acceptors (Lipinski definition) is 2. The van der Waals surface area contributed by atoms with Crippen molar-refractivity contribution in [2.75, 3.05) is 20.7 Å². The lowest BCUT2D eigenvalue weighted by atomic mass is 9.79. The summed E-state index contributed by atoms with van der Waals surface area (Å²) < 4.78 is 6.57. The minimum absolute atomic E-state index is 0.275. The number of rotatable bonds is 7. The van der Waals surface area contributed by atoms with Crippen LogP contribution >= 0.6 is 15.9 Å². The molecular formula is C15H24BrNO. The monoisotopic (exact) mass is 313 g/mol. The molecule has 0 aliphatic heterocycles. The summed E-state index contributed by atoms with van der Waals surface area (Å²) in [5.41, 5.74) is 1.55. The van der Waals surface area contributed by atoms with Gasteiger partial charge in [-0.25, -0.2) is 0 Å². The van der Waals surface area contributed by atoms with Gasteiger partial charge in [-0.2, -0.15) is 0 Å². The fourth-order valence-electron chi connectivity index (χ4n) is 2.61. The molecule has 0 heterocycles. The first-order chi connectivity index (χ1) is 8.54. The minimum atomic E-state index is 0.275. The molecule has 102 valence electrons. The van der Waals surface area contributed by atoms with Crippen molar-refractivity contribution in [3.8, 4) is 5.75 Å². The van der Waals surface area contributed by atoms with Crippen LogP contribution < -0.4 is 10.1 Å². The summed E-state index contributed by atoms with van der Waals surface area (Å²) in [7, 11) is 3.76. The van der Waals surface area contributed by atoms with Crippen LogP contribution in [0.4, 0.5) is 0 Å². The highest BCUT2D eigenvalue weighted by molar-refractivity contribution is 9.10. The third-order valence-corrected chi connectivity index (χ3v) is 3.81. The van der Waals surface area contributed by atoms with Crippen LogP contribution in [0.5, 0.6) is 5.75 Å². The van der Waals surface area contributed by atoms with E-state index in [0.29, 0.717) is 0 Å². The van der Waals surface area contributed by atoms with E-state index in [4.69, 9.17) is 4.74 Å². The molecule has 0 radical (unpaired) electrons. The van der Waals surface area contributed by atoms with E-state index in [1.165, 1.54) is 18.4 Å². The van der Waals surface area contributed by atoms with Crippen LogP contribution in [0, 0.1) is 5.41 Å². The quantitative estimate of drug-likeness (QED) is 0.820. The van der Waals surface area contributed by atoms with E-state index in [-0.39, 0.29) is 5.41 Å². The predicted octanol–water partition coefficient (Wildman–Crippen LogP) is 4.03. The first-order valence-electron chi connectivity index (χ1n) is 6.51. The largest absolute Gasteiger partial charge is 0.496 e. The minimum Gasteiger partial charge on any atom is -0.496 e. The van der Waals surface area contributed by atoms with Crippen LogP contribution in [0.15, 0.2) is 22.7 Å². The smallest absolute Gasteiger partial charge is 0.122 e. The Bertz CT molecular complexity index is 373. The van der Waals surface area contributed by atoms with Gasteiger partial charge in [0.2, 0.25) is 0 Å². The molecule has 2 nitrogen and oxygen atoms in total. The van der Waals surface area contributed by atoms with E-state index in [1.807, 2.05) is 19.2 Å². The van der Waals surface area contributed by atoms with Crippen molar-refractivity contribution < 1.29 is 4.74 Å². The molecule has 0 saturated carbocycles. The SMILES string of the molecule is CCCC(C)(CNC)Cc1cc(Br)ccc1OC. The Labute approximate surface area is 119 Å². The van der Waals surface area contributed by atoms with E-state index < -0.39 is 0 Å². The number of hydrogen-bond donors (Lipinski definition) is 1. The Morgan fingerprint density at radius 3 is 2.67 bits per heavy atom. The highest BCUT2D eigenvalue weighted by atomic mass is 79.9. The maximum atomic E-state index is 5.46. The maximum Gasteiger partial charge on any atom is 0.122 e. The Morgan fingerprint density at radius 1 is 1.39 bits per heavy atom. The molecule has 0 aliphatic rings. The van der Waals surface area contributed by atoms with Gasteiger partial charge in [0.1, 0.15) is 5.75 Å². The van der Waals surface area contributed by atoms with Crippen molar-refractivity contribution >= 4 is 15.9 Å². The molecule has 0 aliphatic carbocycles. The molecule has 1 atom stereocenters. The topological polar surface area (TPSA) is 21.3 Å². The Kier molecular flexibility index (Phi) is 6.16. The molecule has 1 unspecified atom stereocenters. The number of methoxy groups -OCH3 is 1. The van der Waals surface area contributed by atoms with Gasteiger partial charge < -0.3 is 10.1 Å². The Morgan fingerprint density at radius 2 is 2.11 bits per heavy atom. The molecule has 1 rings (SSSR count). The van der Waals surface area contributed by atoms with Crippen LogP contribution in [-0.4, -0.2) is 20.7 Å². The third kappa shape index (κ3) is 4.29. The standard InChI is InChI=1S/C15H24BrNO/c1-5-8-15(2,11-17-3)10-12-9-13(16)6-7-14(12)18-4/h6-7,9,17H,5,8,10-11H2,1-4H3. The molecule has 3 heteroatoms. The van der Waals surface area contributed by atoms with Gasteiger partial charge in [-0.05, 0) is 49.1 Å². The highest BCUT2D eigenvalue weighted by Crippen LogP contribution is 2.33. The van der Waals surface area contributed by atoms with E-state index in [1.54, 1.807) is 7.11 Å². The number of nitrogens with one attached hydrogen (secondary N) is 1. The van der Waals surface area contributed by atoms with Crippen LogP contribution in [0.3, 0.4) is 0 Å². The Balaban J connectivity index is 2.95. The molecule has 18 heavy (non-hydrogen) atoms. The number of halogens is 1. The average Bonchev–Trinajstić information content (AvgIpc) is 2.29.